The van der Waals surface area contributed by atoms with Crippen LogP contribution in [0.15, 0.2) is 4.99 Å². The van der Waals surface area contributed by atoms with Crippen molar-refractivity contribution in [1.29, 1.82) is 0 Å². The summed E-state index contributed by atoms with van der Waals surface area (Å²) in [5.41, 5.74) is 16.5. The Labute approximate surface area is 192 Å². The van der Waals surface area contributed by atoms with Crippen LogP contribution in [0.3, 0.4) is 0 Å². The van der Waals surface area contributed by atoms with Gasteiger partial charge < -0.3 is 43.4 Å². The highest BCUT2D eigenvalue weighted by Gasteiger charge is 2.30. The molecule has 14 heteroatoms. The second-order valence-corrected chi connectivity index (χ2v) is 7.61. The first-order valence-corrected chi connectivity index (χ1v) is 10.8. The van der Waals surface area contributed by atoms with Crippen LogP contribution in [-0.2, 0) is 19.2 Å². The van der Waals surface area contributed by atoms with E-state index in [0.29, 0.717) is 12.8 Å². The molecule has 11 N–H and O–H groups in total. The molecule has 32 heavy (non-hydrogen) atoms. The lowest BCUT2D eigenvalue weighted by Gasteiger charge is -2.25. The number of hydrogen-bond acceptors (Lipinski definition) is 8. The summed E-state index contributed by atoms with van der Waals surface area (Å²) in [6, 6.07) is -4.68. The molecule has 0 aliphatic rings. The summed E-state index contributed by atoms with van der Waals surface area (Å²) in [5.74, 6) is -3.99. The minimum Gasteiger partial charge on any atom is -0.480 e. The fourth-order valence-corrected chi connectivity index (χ4v) is 2.72. The molecule has 0 saturated heterocycles. The molecule has 0 fully saturated rings. The van der Waals surface area contributed by atoms with Gasteiger partial charge in [0.2, 0.25) is 17.7 Å². The first-order chi connectivity index (χ1) is 15.0. The Morgan fingerprint density at radius 2 is 1.53 bits per heavy atom. The maximum Gasteiger partial charge on any atom is 0.327 e. The van der Waals surface area contributed by atoms with Gasteiger partial charge in [-0.25, -0.2) is 4.79 Å². The number of rotatable bonds is 15. The van der Waals surface area contributed by atoms with Crippen molar-refractivity contribution in [3.63, 3.8) is 0 Å². The molecule has 5 unspecified atom stereocenters. The average Bonchev–Trinajstić information content (AvgIpc) is 2.75. The van der Waals surface area contributed by atoms with E-state index in [-0.39, 0.29) is 30.6 Å². The number of aliphatic carboxylic acids is 1. The number of aliphatic hydroxyl groups is 1. The summed E-state index contributed by atoms with van der Waals surface area (Å²) in [6.45, 7) is 3.07. The molecule has 184 valence electrons. The number of thiol groups is 1. The van der Waals surface area contributed by atoms with Crippen LogP contribution in [0.5, 0.6) is 0 Å². The maximum atomic E-state index is 12.8. The third kappa shape index (κ3) is 10.6. The van der Waals surface area contributed by atoms with Crippen LogP contribution >= 0.6 is 12.6 Å². The van der Waals surface area contributed by atoms with Crippen molar-refractivity contribution in [2.24, 2.45) is 28.1 Å². The highest BCUT2D eigenvalue weighted by Crippen LogP contribution is 2.07. The summed E-state index contributed by atoms with van der Waals surface area (Å²) in [6.07, 6.45) is 1.10. The topological polar surface area (TPSA) is 235 Å². The molecule has 13 nitrogen and oxygen atoms in total. The maximum absolute atomic E-state index is 12.8. The van der Waals surface area contributed by atoms with E-state index < -0.39 is 54.5 Å². The molecule has 0 radical (unpaired) electrons. The second kappa shape index (κ2) is 15.3. The van der Waals surface area contributed by atoms with E-state index in [2.05, 4.69) is 33.6 Å². The van der Waals surface area contributed by atoms with Gasteiger partial charge in [-0.15, -0.1) is 0 Å². The van der Waals surface area contributed by atoms with Gasteiger partial charge in [-0.2, -0.15) is 12.6 Å². The summed E-state index contributed by atoms with van der Waals surface area (Å²) in [4.78, 5) is 52.4. The van der Waals surface area contributed by atoms with Gasteiger partial charge >= 0.3 is 5.97 Å². The Morgan fingerprint density at radius 3 is 2.00 bits per heavy atom. The Bertz CT molecular complexity index is 674. The molecule has 0 aliphatic carbocycles. The van der Waals surface area contributed by atoms with E-state index in [1.807, 2.05) is 6.92 Å². The van der Waals surface area contributed by atoms with Crippen LogP contribution in [0, 0.1) is 5.92 Å². The third-order valence-electron chi connectivity index (χ3n) is 4.75. The lowest BCUT2D eigenvalue weighted by molar-refractivity contribution is -0.142. The van der Waals surface area contributed by atoms with E-state index in [4.69, 9.17) is 22.3 Å². The number of aliphatic hydroxyl groups excluding tert-OH is 1. The van der Waals surface area contributed by atoms with Crippen molar-refractivity contribution in [3.05, 3.63) is 0 Å². The Hall–Kier alpha value is -2.58. The van der Waals surface area contributed by atoms with Crippen LogP contribution in [0.2, 0.25) is 0 Å². The fraction of sp³-hybridized carbons (Fsp3) is 0.722. The van der Waals surface area contributed by atoms with E-state index in [0.717, 1.165) is 0 Å². The fourth-order valence-electron chi connectivity index (χ4n) is 2.48. The van der Waals surface area contributed by atoms with E-state index in [9.17, 15) is 24.3 Å². The third-order valence-corrected chi connectivity index (χ3v) is 5.12. The van der Waals surface area contributed by atoms with E-state index >= 15 is 0 Å². The highest BCUT2D eigenvalue weighted by atomic mass is 32.1. The first-order valence-electron chi connectivity index (χ1n) is 10.1. The largest absolute Gasteiger partial charge is 0.480 e. The lowest BCUT2D eigenvalue weighted by Crippen LogP contribution is -2.58. The lowest BCUT2D eigenvalue weighted by atomic mass is 9.98. The summed E-state index contributed by atoms with van der Waals surface area (Å²) >= 11 is 3.84. The van der Waals surface area contributed by atoms with Gasteiger partial charge in [-0.05, 0) is 18.8 Å². The Balaban J connectivity index is 5.32. The highest BCUT2D eigenvalue weighted by molar-refractivity contribution is 7.80. The standard InChI is InChI=1S/C18H35N7O6S/c1-3-9(2)13(19)16(29)23-10(5-4-6-22-18(20)21)14(27)24-11(7-26)15(28)25-12(8-32)17(30)31/h9-13,26,32H,3-8,19H2,1-2H3,(H,23,29)(H,24,27)(H,25,28)(H,30,31)(H4,20,21,22). The monoisotopic (exact) mass is 477 g/mol. The second-order valence-electron chi connectivity index (χ2n) is 7.25. The predicted molar refractivity (Wildman–Crippen MR) is 122 cm³/mol. The van der Waals surface area contributed by atoms with Gasteiger partial charge in [0.25, 0.3) is 0 Å². The normalized spacial score (nSPS) is 15.4. The smallest absolute Gasteiger partial charge is 0.327 e. The molecule has 0 aliphatic heterocycles. The van der Waals surface area contributed by atoms with E-state index in [1.165, 1.54) is 0 Å². The predicted octanol–water partition coefficient (Wildman–Crippen LogP) is -3.13. The minimum absolute atomic E-state index is 0.121. The summed E-state index contributed by atoms with van der Waals surface area (Å²) in [7, 11) is 0. The number of amides is 3. The number of nitrogens with one attached hydrogen (secondary N) is 3. The molecule has 5 atom stereocenters. The molecule has 0 rings (SSSR count). The molecule has 0 saturated carbocycles. The zero-order chi connectivity index (χ0) is 24.8. The number of nitrogens with two attached hydrogens (primary N) is 3. The van der Waals surface area contributed by atoms with Crippen molar-refractivity contribution < 1.29 is 29.4 Å². The Morgan fingerprint density at radius 1 is 1.00 bits per heavy atom. The molecular formula is C18H35N7O6S. The average molecular weight is 478 g/mol. The zero-order valence-corrected chi connectivity index (χ0v) is 19.2. The zero-order valence-electron chi connectivity index (χ0n) is 18.3. The van der Waals surface area contributed by atoms with Crippen molar-refractivity contribution in [1.82, 2.24) is 16.0 Å². The molecule has 0 bridgehead atoms. The van der Waals surface area contributed by atoms with Crippen molar-refractivity contribution >= 4 is 42.3 Å². The number of carboxylic acids is 1. The van der Waals surface area contributed by atoms with Gasteiger partial charge in [0, 0.05) is 12.3 Å². The molecule has 0 aromatic rings. The number of nitrogens with zero attached hydrogens (tertiary/aromatic N) is 1. The Kier molecular flexibility index (Phi) is 14.0. The van der Waals surface area contributed by atoms with Crippen molar-refractivity contribution in [2.75, 3.05) is 18.9 Å². The van der Waals surface area contributed by atoms with Crippen LogP contribution < -0.4 is 33.2 Å². The molecule has 0 heterocycles. The van der Waals surface area contributed by atoms with Gasteiger partial charge in [0.05, 0.1) is 12.6 Å². The molecule has 3 amide bonds. The molecule has 0 spiro atoms. The van der Waals surface area contributed by atoms with Crippen molar-refractivity contribution in [2.45, 2.75) is 57.3 Å². The number of carbonyl (C=O) groups excluding carboxylic acids is 3. The van der Waals surface area contributed by atoms with Gasteiger partial charge in [0.15, 0.2) is 5.96 Å². The number of carbonyl (C=O) groups is 4. The van der Waals surface area contributed by atoms with Crippen molar-refractivity contribution in [3.8, 4) is 0 Å². The summed E-state index contributed by atoms with van der Waals surface area (Å²) < 4.78 is 0. The molecular weight excluding hydrogens is 442 g/mol. The quantitative estimate of drug-likeness (QED) is 0.0501. The number of hydrogen-bond donors (Lipinski definition) is 9. The molecule has 0 aromatic heterocycles. The van der Waals surface area contributed by atoms with Gasteiger partial charge in [-0.3, -0.25) is 19.4 Å². The van der Waals surface area contributed by atoms with Gasteiger partial charge in [0.1, 0.15) is 18.1 Å². The van der Waals surface area contributed by atoms with E-state index in [1.54, 1.807) is 6.92 Å². The number of guanidine groups is 1. The minimum atomic E-state index is -1.44. The SMILES string of the molecule is CCC(C)C(N)C(=O)NC(CCCN=C(N)N)C(=O)NC(CO)C(=O)NC(CS)C(=O)O. The van der Waals surface area contributed by atoms with Crippen LogP contribution in [0.1, 0.15) is 33.1 Å². The van der Waals surface area contributed by atoms with Crippen LogP contribution in [0.25, 0.3) is 0 Å². The number of carboxylic acid groups (broad SMARTS) is 1. The van der Waals surface area contributed by atoms with Gasteiger partial charge in [-0.1, -0.05) is 20.3 Å². The van der Waals surface area contributed by atoms with Crippen LogP contribution in [-0.4, -0.2) is 82.9 Å². The van der Waals surface area contributed by atoms with Crippen LogP contribution in [0.4, 0.5) is 0 Å². The molecule has 0 aromatic carbocycles. The summed E-state index contributed by atoms with van der Waals surface area (Å²) in [5, 5.41) is 25.6. The first kappa shape index (κ1) is 29.4. The number of aliphatic imine (C=N–C) groups is 1.